The van der Waals surface area contributed by atoms with Crippen molar-refractivity contribution in [3.63, 3.8) is 0 Å². The summed E-state index contributed by atoms with van der Waals surface area (Å²) in [6.07, 6.45) is 6.92. The van der Waals surface area contributed by atoms with E-state index in [0.717, 1.165) is 24.5 Å². The summed E-state index contributed by atoms with van der Waals surface area (Å²) in [5, 5.41) is 2.85. The van der Waals surface area contributed by atoms with E-state index in [0.29, 0.717) is 5.69 Å². The van der Waals surface area contributed by atoms with Crippen LogP contribution in [0.5, 0.6) is 0 Å². The van der Waals surface area contributed by atoms with Gasteiger partial charge in [0.1, 0.15) is 5.69 Å². The minimum atomic E-state index is -0.238. The second kappa shape index (κ2) is 6.56. The molecule has 0 unspecified atom stereocenters. The van der Waals surface area contributed by atoms with Gasteiger partial charge in [-0.1, -0.05) is 0 Å². The summed E-state index contributed by atoms with van der Waals surface area (Å²) >= 11 is 0. The first-order chi connectivity index (χ1) is 10.7. The minimum absolute atomic E-state index is 0.238. The summed E-state index contributed by atoms with van der Waals surface area (Å²) in [6.45, 7) is 4.07. The zero-order valence-electron chi connectivity index (χ0n) is 12.7. The highest BCUT2D eigenvalue weighted by atomic mass is 16.1. The number of piperidine rings is 1. The van der Waals surface area contributed by atoms with Crippen LogP contribution in [0.2, 0.25) is 0 Å². The van der Waals surface area contributed by atoms with Crippen LogP contribution < -0.4 is 10.2 Å². The Bertz CT molecular complexity index is 631. The van der Waals surface area contributed by atoms with Crippen LogP contribution in [0.4, 0.5) is 11.4 Å². The van der Waals surface area contributed by atoms with E-state index in [1.165, 1.54) is 31.1 Å². The molecule has 2 heterocycles. The number of aryl methyl sites for hydroxylation is 1. The molecule has 1 aromatic heterocycles. The van der Waals surface area contributed by atoms with Crippen molar-refractivity contribution >= 4 is 17.3 Å². The van der Waals surface area contributed by atoms with Gasteiger partial charge in [-0.2, -0.15) is 0 Å². The predicted molar refractivity (Wildman–Crippen MR) is 87.2 cm³/mol. The molecule has 0 atom stereocenters. The Morgan fingerprint density at radius 3 is 2.41 bits per heavy atom. The predicted octanol–water partition coefficient (Wildman–Crippen LogP) is 3.03. The van der Waals surface area contributed by atoms with Gasteiger partial charge in [0.25, 0.3) is 5.91 Å². The van der Waals surface area contributed by atoms with Crippen LogP contribution in [0.3, 0.4) is 0 Å². The Hall–Kier alpha value is -2.43. The quantitative estimate of drug-likeness (QED) is 0.946. The lowest BCUT2D eigenvalue weighted by molar-refractivity contribution is 0.102. The molecule has 114 valence electrons. The van der Waals surface area contributed by atoms with E-state index in [1.807, 2.05) is 19.1 Å². The highest BCUT2D eigenvalue weighted by Gasteiger charge is 2.11. The number of anilines is 2. The van der Waals surface area contributed by atoms with Crippen LogP contribution >= 0.6 is 0 Å². The van der Waals surface area contributed by atoms with E-state index in [2.05, 4.69) is 32.3 Å². The van der Waals surface area contributed by atoms with Gasteiger partial charge in [-0.3, -0.25) is 9.78 Å². The molecule has 0 spiro atoms. The van der Waals surface area contributed by atoms with Crippen molar-refractivity contribution in [2.24, 2.45) is 0 Å². The van der Waals surface area contributed by atoms with E-state index < -0.39 is 0 Å². The van der Waals surface area contributed by atoms with E-state index in [-0.39, 0.29) is 5.91 Å². The number of carbonyl (C=O) groups is 1. The molecule has 1 amide bonds. The molecular formula is C17H20N4O. The summed E-state index contributed by atoms with van der Waals surface area (Å²) < 4.78 is 0. The Balaban J connectivity index is 1.65. The van der Waals surface area contributed by atoms with Crippen LogP contribution in [-0.2, 0) is 0 Å². The summed E-state index contributed by atoms with van der Waals surface area (Å²) in [5.41, 5.74) is 3.11. The van der Waals surface area contributed by atoms with E-state index >= 15 is 0 Å². The van der Waals surface area contributed by atoms with Gasteiger partial charge in [0, 0.05) is 30.7 Å². The summed E-state index contributed by atoms with van der Waals surface area (Å²) in [6, 6.07) is 7.98. The van der Waals surface area contributed by atoms with Gasteiger partial charge in [-0.05, 0) is 50.5 Å². The second-order valence-corrected chi connectivity index (χ2v) is 5.59. The molecule has 1 aliphatic heterocycles. The molecular weight excluding hydrogens is 276 g/mol. The van der Waals surface area contributed by atoms with Gasteiger partial charge in [-0.25, -0.2) is 4.98 Å². The molecule has 5 heteroatoms. The lowest BCUT2D eigenvalue weighted by Crippen LogP contribution is -2.29. The van der Waals surface area contributed by atoms with Crippen LogP contribution in [0.1, 0.15) is 35.4 Å². The van der Waals surface area contributed by atoms with E-state index in [4.69, 9.17) is 0 Å². The maximum Gasteiger partial charge on any atom is 0.275 e. The SMILES string of the molecule is Cc1cnc(C(=O)Nc2ccc(N3CCCCC3)cc2)cn1. The molecule has 1 N–H and O–H groups in total. The zero-order chi connectivity index (χ0) is 15.4. The number of carbonyl (C=O) groups excluding carboxylic acids is 1. The van der Waals surface area contributed by atoms with Crippen molar-refractivity contribution in [3.8, 4) is 0 Å². The third-order valence-electron chi connectivity index (χ3n) is 3.86. The van der Waals surface area contributed by atoms with Crippen molar-refractivity contribution in [2.45, 2.75) is 26.2 Å². The second-order valence-electron chi connectivity index (χ2n) is 5.59. The molecule has 0 bridgehead atoms. The highest BCUT2D eigenvalue weighted by Crippen LogP contribution is 2.21. The van der Waals surface area contributed by atoms with Gasteiger partial charge in [0.2, 0.25) is 0 Å². The standard InChI is InChI=1S/C17H20N4O/c1-13-11-19-16(12-18-13)17(22)20-14-5-7-15(8-6-14)21-9-3-2-4-10-21/h5-8,11-12H,2-4,9-10H2,1H3,(H,20,22). The molecule has 5 nitrogen and oxygen atoms in total. The number of nitrogens with one attached hydrogen (secondary N) is 1. The molecule has 0 saturated carbocycles. The molecule has 3 rings (SSSR count). The van der Waals surface area contributed by atoms with Gasteiger partial charge in [-0.15, -0.1) is 0 Å². The van der Waals surface area contributed by atoms with Crippen LogP contribution in [-0.4, -0.2) is 29.0 Å². The van der Waals surface area contributed by atoms with Crippen LogP contribution in [0, 0.1) is 6.92 Å². The third kappa shape index (κ3) is 3.42. The van der Waals surface area contributed by atoms with E-state index in [1.54, 1.807) is 6.20 Å². The summed E-state index contributed by atoms with van der Waals surface area (Å²) in [7, 11) is 0. The maximum atomic E-state index is 12.1. The third-order valence-corrected chi connectivity index (χ3v) is 3.86. The monoisotopic (exact) mass is 296 g/mol. The number of rotatable bonds is 3. The lowest BCUT2D eigenvalue weighted by Gasteiger charge is -2.28. The number of benzene rings is 1. The first kappa shape index (κ1) is 14.5. The van der Waals surface area contributed by atoms with Crippen molar-refractivity contribution in [3.05, 3.63) is 48.0 Å². The van der Waals surface area contributed by atoms with Gasteiger partial charge in [0.15, 0.2) is 0 Å². The van der Waals surface area contributed by atoms with Gasteiger partial charge >= 0.3 is 0 Å². The van der Waals surface area contributed by atoms with Crippen molar-refractivity contribution in [1.82, 2.24) is 9.97 Å². The normalized spacial score (nSPS) is 14.7. The Kier molecular flexibility index (Phi) is 4.32. The van der Waals surface area contributed by atoms with Gasteiger partial charge in [0.05, 0.1) is 11.9 Å². The number of hydrogen-bond donors (Lipinski definition) is 1. The molecule has 1 saturated heterocycles. The van der Waals surface area contributed by atoms with E-state index in [9.17, 15) is 4.79 Å². The first-order valence-electron chi connectivity index (χ1n) is 7.67. The lowest BCUT2D eigenvalue weighted by atomic mass is 10.1. The fourth-order valence-electron chi connectivity index (χ4n) is 2.61. The summed E-state index contributed by atoms with van der Waals surface area (Å²) in [5.74, 6) is -0.238. The maximum absolute atomic E-state index is 12.1. The molecule has 1 aromatic carbocycles. The number of amides is 1. The summed E-state index contributed by atoms with van der Waals surface area (Å²) in [4.78, 5) is 22.6. The Labute approximate surface area is 130 Å². The Morgan fingerprint density at radius 2 is 1.77 bits per heavy atom. The van der Waals surface area contributed by atoms with Crippen molar-refractivity contribution < 1.29 is 4.79 Å². The zero-order valence-corrected chi connectivity index (χ0v) is 12.7. The van der Waals surface area contributed by atoms with Crippen LogP contribution in [0.15, 0.2) is 36.7 Å². The smallest absolute Gasteiger partial charge is 0.275 e. The topological polar surface area (TPSA) is 58.1 Å². The minimum Gasteiger partial charge on any atom is -0.372 e. The average molecular weight is 296 g/mol. The molecule has 0 aliphatic carbocycles. The Morgan fingerprint density at radius 1 is 1.05 bits per heavy atom. The number of aromatic nitrogens is 2. The molecule has 2 aromatic rings. The number of hydrogen-bond acceptors (Lipinski definition) is 4. The largest absolute Gasteiger partial charge is 0.372 e. The van der Waals surface area contributed by atoms with Gasteiger partial charge < -0.3 is 10.2 Å². The molecule has 1 fully saturated rings. The average Bonchev–Trinajstić information content (AvgIpc) is 2.57. The molecule has 1 aliphatic rings. The highest BCUT2D eigenvalue weighted by molar-refractivity contribution is 6.02. The van der Waals surface area contributed by atoms with Crippen molar-refractivity contribution in [1.29, 1.82) is 0 Å². The van der Waals surface area contributed by atoms with Crippen LogP contribution in [0.25, 0.3) is 0 Å². The van der Waals surface area contributed by atoms with Crippen molar-refractivity contribution in [2.75, 3.05) is 23.3 Å². The molecule has 0 radical (unpaired) electrons. The fraction of sp³-hybridized carbons (Fsp3) is 0.353. The number of nitrogens with zero attached hydrogens (tertiary/aromatic N) is 3. The first-order valence-corrected chi connectivity index (χ1v) is 7.67. The molecule has 22 heavy (non-hydrogen) atoms. The fourth-order valence-corrected chi connectivity index (χ4v) is 2.61.